The van der Waals surface area contributed by atoms with Gasteiger partial charge in [0.1, 0.15) is 5.03 Å². The van der Waals surface area contributed by atoms with Crippen LogP contribution in [0.25, 0.3) is 0 Å². The first-order valence-electron chi connectivity index (χ1n) is 5.15. The van der Waals surface area contributed by atoms with E-state index in [9.17, 15) is 4.79 Å². The fourth-order valence-electron chi connectivity index (χ4n) is 1.41. The number of carbonyl (C=O) groups excluding carboxylic acids is 1. The molecule has 2 aromatic rings. The highest BCUT2D eigenvalue weighted by molar-refractivity contribution is 7.99. The van der Waals surface area contributed by atoms with Crippen molar-refractivity contribution in [1.29, 1.82) is 0 Å². The second-order valence-corrected chi connectivity index (χ2v) is 5.56. The van der Waals surface area contributed by atoms with Gasteiger partial charge in [-0.3, -0.25) is 4.79 Å². The van der Waals surface area contributed by atoms with Gasteiger partial charge in [0.05, 0.1) is 10.0 Å². The van der Waals surface area contributed by atoms with Gasteiger partial charge < -0.3 is 0 Å². The molecular formula is C13H9Cl2NOS. The van der Waals surface area contributed by atoms with Gasteiger partial charge in [0.15, 0.2) is 6.29 Å². The third-order valence-electron chi connectivity index (χ3n) is 2.29. The van der Waals surface area contributed by atoms with Crippen molar-refractivity contribution < 1.29 is 4.79 Å². The molecule has 0 aliphatic rings. The molecule has 1 aromatic heterocycles. The quantitative estimate of drug-likeness (QED) is 0.772. The molecular weight excluding hydrogens is 289 g/mol. The first kappa shape index (κ1) is 13.4. The average Bonchev–Trinajstić information content (AvgIpc) is 2.36. The zero-order chi connectivity index (χ0) is 13.1. The molecule has 0 aliphatic carbocycles. The highest BCUT2D eigenvalue weighted by atomic mass is 35.5. The van der Waals surface area contributed by atoms with E-state index in [0.717, 1.165) is 21.8 Å². The van der Waals surface area contributed by atoms with Crippen LogP contribution in [0.3, 0.4) is 0 Å². The molecule has 5 heteroatoms. The lowest BCUT2D eigenvalue weighted by atomic mass is 10.2. The Kier molecular flexibility index (Phi) is 4.27. The van der Waals surface area contributed by atoms with Crippen molar-refractivity contribution in [2.24, 2.45) is 0 Å². The van der Waals surface area contributed by atoms with Crippen LogP contribution in [0.4, 0.5) is 0 Å². The van der Waals surface area contributed by atoms with Crippen LogP contribution < -0.4 is 0 Å². The van der Waals surface area contributed by atoms with Crippen molar-refractivity contribution in [3.05, 3.63) is 51.6 Å². The van der Waals surface area contributed by atoms with Crippen molar-refractivity contribution in [3.8, 4) is 0 Å². The van der Waals surface area contributed by atoms with Gasteiger partial charge in [0, 0.05) is 16.7 Å². The summed E-state index contributed by atoms with van der Waals surface area (Å²) in [6.07, 6.45) is 2.34. The van der Waals surface area contributed by atoms with Crippen molar-refractivity contribution in [1.82, 2.24) is 4.98 Å². The SMILES string of the molecule is Cc1cc(C=O)cnc1Sc1ccc(Cl)c(Cl)c1. The van der Waals surface area contributed by atoms with Gasteiger partial charge in [-0.15, -0.1) is 0 Å². The maximum absolute atomic E-state index is 10.6. The molecule has 18 heavy (non-hydrogen) atoms. The molecule has 0 unspecified atom stereocenters. The van der Waals surface area contributed by atoms with E-state index in [1.54, 1.807) is 24.4 Å². The molecule has 0 bridgehead atoms. The van der Waals surface area contributed by atoms with Crippen molar-refractivity contribution in [3.63, 3.8) is 0 Å². The fraction of sp³-hybridized carbons (Fsp3) is 0.0769. The molecule has 0 N–H and O–H groups in total. The van der Waals surface area contributed by atoms with Gasteiger partial charge >= 0.3 is 0 Å². The minimum atomic E-state index is 0.517. The molecule has 0 aliphatic heterocycles. The van der Waals surface area contributed by atoms with E-state index in [1.165, 1.54) is 11.8 Å². The molecule has 2 nitrogen and oxygen atoms in total. The number of pyridine rings is 1. The second kappa shape index (κ2) is 5.74. The fourth-order valence-corrected chi connectivity index (χ4v) is 2.63. The predicted molar refractivity (Wildman–Crippen MR) is 74.9 cm³/mol. The van der Waals surface area contributed by atoms with E-state index >= 15 is 0 Å². The lowest BCUT2D eigenvalue weighted by Gasteiger charge is -2.06. The summed E-state index contributed by atoms with van der Waals surface area (Å²) in [4.78, 5) is 15.8. The van der Waals surface area contributed by atoms with Gasteiger partial charge in [-0.2, -0.15) is 0 Å². The Balaban J connectivity index is 2.28. The molecule has 0 spiro atoms. The van der Waals surface area contributed by atoms with E-state index in [0.29, 0.717) is 15.6 Å². The number of aryl methyl sites for hydroxylation is 1. The number of carbonyl (C=O) groups is 1. The minimum absolute atomic E-state index is 0.517. The normalized spacial score (nSPS) is 10.4. The lowest BCUT2D eigenvalue weighted by Crippen LogP contribution is -1.89. The third-order valence-corrected chi connectivity index (χ3v) is 4.14. The highest BCUT2D eigenvalue weighted by Gasteiger charge is 2.06. The average molecular weight is 298 g/mol. The van der Waals surface area contributed by atoms with E-state index in [2.05, 4.69) is 4.98 Å². The van der Waals surface area contributed by atoms with Crippen LogP contribution >= 0.6 is 35.0 Å². The van der Waals surface area contributed by atoms with Gasteiger partial charge in [0.25, 0.3) is 0 Å². The Morgan fingerprint density at radius 3 is 2.61 bits per heavy atom. The first-order chi connectivity index (χ1) is 8.60. The van der Waals surface area contributed by atoms with Crippen LogP contribution in [0.2, 0.25) is 10.0 Å². The first-order valence-corrected chi connectivity index (χ1v) is 6.72. The van der Waals surface area contributed by atoms with E-state index in [1.807, 2.05) is 13.0 Å². The largest absolute Gasteiger partial charge is 0.298 e. The predicted octanol–water partition coefficient (Wildman–Crippen LogP) is 4.66. The monoisotopic (exact) mass is 297 g/mol. The maximum atomic E-state index is 10.6. The smallest absolute Gasteiger partial charge is 0.151 e. The molecule has 2 rings (SSSR count). The van der Waals surface area contributed by atoms with Gasteiger partial charge in [-0.05, 0) is 36.8 Å². The maximum Gasteiger partial charge on any atom is 0.151 e. The number of aromatic nitrogens is 1. The van der Waals surface area contributed by atoms with Crippen LogP contribution in [0.15, 0.2) is 40.4 Å². The third kappa shape index (κ3) is 3.05. The van der Waals surface area contributed by atoms with Crippen LogP contribution in [-0.4, -0.2) is 11.3 Å². The summed E-state index contributed by atoms with van der Waals surface area (Å²) in [7, 11) is 0. The molecule has 0 fully saturated rings. The number of hydrogen-bond donors (Lipinski definition) is 0. The summed E-state index contributed by atoms with van der Waals surface area (Å²) in [5, 5.41) is 1.89. The van der Waals surface area contributed by atoms with Crippen LogP contribution in [-0.2, 0) is 0 Å². The molecule has 0 atom stereocenters. The summed E-state index contributed by atoms with van der Waals surface area (Å²) in [6.45, 7) is 1.92. The Labute approximate surface area is 119 Å². The summed E-state index contributed by atoms with van der Waals surface area (Å²) >= 11 is 13.3. The molecule has 1 heterocycles. The van der Waals surface area contributed by atoms with Crippen molar-refractivity contribution >= 4 is 41.2 Å². The summed E-state index contributed by atoms with van der Waals surface area (Å²) in [6, 6.07) is 7.23. The zero-order valence-corrected chi connectivity index (χ0v) is 11.8. The van der Waals surface area contributed by atoms with Gasteiger partial charge in [-0.1, -0.05) is 35.0 Å². The van der Waals surface area contributed by atoms with E-state index in [-0.39, 0.29) is 0 Å². The Hall–Kier alpha value is -1.03. The van der Waals surface area contributed by atoms with Gasteiger partial charge in [-0.25, -0.2) is 4.98 Å². The van der Waals surface area contributed by atoms with Crippen LogP contribution in [0.1, 0.15) is 15.9 Å². The summed E-state index contributed by atoms with van der Waals surface area (Å²) in [5.74, 6) is 0. The number of rotatable bonds is 3. The summed E-state index contributed by atoms with van der Waals surface area (Å²) in [5.41, 5.74) is 1.53. The highest BCUT2D eigenvalue weighted by Crippen LogP contribution is 2.32. The van der Waals surface area contributed by atoms with Gasteiger partial charge in [0.2, 0.25) is 0 Å². The van der Waals surface area contributed by atoms with Crippen LogP contribution in [0, 0.1) is 6.92 Å². The Morgan fingerprint density at radius 2 is 2.00 bits per heavy atom. The number of halogens is 2. The molecule has 0 radical (unpaired) electrons. The standard InChI is InChI=1S/C13H9Cl2NOS/c1-8-4-9(7-17)6-16-13(8)18-10-2-3-11(14)12(15)5-10/h2-7H,1H3. The molecule has 0 saturated carbocycles. The Bertz CT molecular complexity index is 602. The van der Waals surface area contributed by atoms with Crippen molar-refractivity contribution in [2.75, 3.05) is 0 Å². The molecule has 0 saturated heterocycles. The Morgan fingerprint density at radius 1 is 1.22 bits per heavy atom. The number of hydrogen-bond acceptors (Lipinski definition) is 3. The summed E-state index contributed by atoms with van der Waals surface area (Å²) < 4.78 is 0. The van der Waals surface area contributed by atoms with Crippen molar-refractivity contribution in [2.45, 2.75) is 16.8 Å². The molecule has 0 amide bonds. The van der Waals surface area contributed by atoms with E-state index < -0.39 is 0 Å². The number of benzene rings is 1. The topological polar surface area (TPSA) is 30.0 Å². The second-order valence-electron chi connectivity index (χ2n) is 3.69. The minimum Gasteiger partial charge on any atom is -0.298 e. The lowest BCUT2D eigenvalue weighted by molar-refractivity contribution is 0.112. The molecule has 92 valence electrons. The van der Waals surface area contributed by atoms with Crippen LogP contribution in [0.5, 0.6) is 0 Å². The molecule has 1 aromatic carbocycles. The number of nitrogens with zero attached hydrogens (tertiary/aromatic N) is 1. The number of aldehydes is 1. The zero-order valence-electron chi connectivity index (χ0n) is 9.48. The van der Waals surface area contributed by atoms with E-state index in [4.69, 9.17) is 23.2 Å².